The van der Waals surface area contributed by atoms with Crippen molar-refractivity contribution in [2.24, 2.45) is 5.73 Å². The minimum absolute atomic E-state index is 0.305. The molecular formula is C15H14BrClFNO. The van der Waals surface area contributed by atoms with Crippen LogP contribution in [0.25, 0.3) is 0 Å². The zero-order valence-corrected chi connectivity index (χ0v) is 13.2. The smallest absolute Gasteiger partial charge is 0.141 e. The van der Waals surface area contributed by atoms with E-state index in [1.54, 1.807) is 6.07 Å². The molecule has 0 radical (unpaired) electrons. The lowest BCUT2D eigenvalue weighted by Gasteiger charge is -2.17. The van der Waals surface area contributed by atoms with E-state index < -0.39 is 0 Å². The third-order valence-electron chi connectivity index (χ3n) is 3.02. The van der Waals surface area contributed by atoms with Crippen molar-refractivity contribution in [3.05, 3.63) is 62.8 Å². The minimum Gasteiger partial charge on any atom is -0.496 e. The zero-order chi connectivity index (χ0) is 14.7. The van der Waals surface area contributed by atoms with Crippen LogP contribution in [0.5, 0.6) is 5.75 Å². The largest absolute Gasteiger partial charge is 0.496 e. The molecule has 0 heterocycles. The van der Waals surface area contributed by atoms with Gasteiger partial charge in [-0.2, -0.15) is 0 Å². The highest BCUT2D eigenvalue weighted by molar-refractivity contribution is 9.10. The normalized spacial score (nSPS) is 12.2. The number of halogens is 3. The lowest BCUT2D eigenvalue weighted by molar-refractivity contribution is 0.401. The summed E-state index contributed by atoms with van der Waals surface area (Å²) in [5.74, 6) is 0.0702. The van der Waals surface area contributed by atoms with Gasteiger partial charge >= 0.3 is 0 Å². The van der Waals surface area contributed by atoms with E-state index in [2.05, 4.69) is 15.9 Å². The van der Waals surface area contributed by atoms with Crippen LogP contribution in [0.1, 0.15) is 17.2 Å². The van der Waals surface area contributed by atoms with Crippen molar-refractivity contribution in [1.29, 1.82) is 0 Å². The van der Waals surface area contributed by atoms with E-state index in [0.29, 0.717) is 21.7 Å². The number of hydrogen-bond donors (Lipinski definition) is 1. The van der Waals surface area contributed by atoms with Crippen LogP contribution >= 0.6 is 27.5 Å². The first-order chi connectivity index (χ1) is 9.51. The Kier molecular flexibility index (Phi) is 5.02. The molecule has 0 aliphatic rings. The van der Waals surface area contributed by atoms with Crippen LogP contribution in [0.3, 0.4) is 0 Å². The van der Waals surface area contributed by atoms with Crippen molar-refractivity contribution in [1.82, 2.24) is 0 Å². The number of benzene rings is 2. The molecule has 5 heteroatoms. The molecule has 2 aromatic carbocycles. The van der Waals surface area contributed by atoms with Gasteiger partial charge in [0.05, 0.1) is 11.6 Å². The Morgan fingerprint density at radius 2 is 2.10 bits per heavy atom. The van der Waals surface area contributed by atoms with Crippen LogP contribution in [0, 0.1) is 5.82 Å². The summed E-state index contributed by atoms with van der Waals surface area (Å²) in [5, 5.41) is 0.668. The topological polar surface area (TPSA) is 35.2 Å². The van der Waals surface area contributed by atoms with Gasteiger partial charge in [-0.15, -0.1) is 0 Å². The highest BCUT2D eigenvalue weighted by Gasteiger charge is 2.16. The van der Waals surface area contributed by atoms with E-state index in [9.17, 15) is 4.39 Å². The molecule has 0 saturated heterocycles. The molecule has 0 aliphatic heterocycles. The van der Waals surface area contributed by atoms with Gasteiger partial charge in [-0.25, -0.2) is 4.39 Å². The van der Waals surface area contributed by atoms with E-state index in [1.807, 2.05) is 24.3 Å². The maximum atomic E-state index is 13.5. The molecule has 0 saturated carbocycles. The van der Waals surface area contributed by atoms with Crippen molar-refractivity contribution >= 4 is 27.5 Å². The van der Waals surface area contributed by atoms with Crippen molar-refractivity contribution in [2.45, 2.75) is 12.5 Å². The zero-order valence-electron chi connectivity index (χ0n) is 10.9. The fourth-order valence-corrected chi connectivity index (χ4v) is 2.61. The minimum atomic E-state index is -0.374. The Morgan fingerprint density at radius 1 is 1.35 bits per heavy atom. The summed E-state index contributed by atoms with van der Waals surface area (Å²) in [6, 6.07) is 10.2. The van der Waals surface area contributed by atoms with Gasteiger partial charge in [0.15, 0.2) is 0 Å². The highest BCUT2D eigenvalue weighted by atomic mass is 79.9. The maximum Gasteiger partial charge on any atom is 0.141 e. The molecule has 2 aromatic rings. The molecule has 0 bridgehead atoms. The van der Waals surface area contributed by atoms with Crippen molar-refractivity contribution in [3.63, 3.8) is 0 Å². The Balaban J connectivity index is 2.29. The van der Waals surface area contributed by atoms with E-state index in [0.717, 1.165) is 11.1 Å². The maximum absolute atomic E-state index is 13.5. The van der Waals surface area contributed by atoms with Gasteiger partial charge in [-0.3, -0.25) is 0 Å². The van der Waals surface area contributed by atoms with E-state index in [1.165, 1.54) is 13.2 Å². The van der Waals surface area contributed by atoms with Gasteiger partial charge in [0, 0.05) is 22.7 Å². The lowest BCUT2D eigenvalue weighted by atomic mass is 9.99. The molecule has 0 spiro atoms. The Morgan fingerprint density at radius 3 is 2.75 bits per heavy atom. The van der Waals surface area contributed by atoms with Crippen LogP contribution in [-0.4, -0.2) is 7.11 Å². The van der Waals surface area contributed by atoms with Crippen LogP contribution in [0.2, 0.25) is 5.02 Å². The third-order valence-corrected chi connectivity index (χ3v) is 3.86. The predicted octanol–water partition coefficient (Wildman–Crippen LogP) is 4.49. The number of nitrogens with two attached hydrogens (primary N) is 1. The summed E-state index contributed by atoms with van der Waals surface area (Å²) in [5.41, 5.74) is 7.98. The molecule has 106 valence electrons. The number of methoxy groups -OCH3 is 1. The van der Waals surface area contributed by atoms with E-state index in [4.69, 9.17) is 22.1 Å². The summed E-state index contributed by atoms with van der Waals surface area (Å²) in [6.45, 7) is 0. The first kappa shape index (κ1) is 15.3. The average Bonchev–Trinajstić information content (AvgIpc) is 2.41. The molecule has 1 atom stereocenters. The first-order valence-corrected chi connectivity index (χ1v) is 7.21. The van der Waals surface area contributed by atoms with Gasteiger partial charge < -0.3 is 10.5 Å². The standard InChI is InChI=1S/C15H14BrClFNO/c1-20-15-8-13(18)12(16)7-11(15)14(19)6-9-3-2-4-10(17)5-9/h2-5,7-8,14H,6,19H2,1H3. The van der Waals surface area contributed by atoms with Crippen molar-refractivity contribution < 1.29 is 9.13 Å². The predicted molar refractivity (Wildman–Crippen MR) is 82.7 cm³/mol. The molecule has 0 amide bonds. The van der Waals surface area contributed by atoms with Gasteiger partial charge in [0.25, 0.3) is 0 Å². The van der Waals surface area contributed by atoms with Gasteiger partial charge in [0.2, 0.25) is 0 Å². The van der Waals surface area contributed by atoms with Crippen molar-refractivity contribution in [2.75, 3.05) is 7.11 Å². The second-order valence-corrected chi connectivity index (χ2v) is 5.74. The van der Waals surface area contributed by atoms with E-state index >= 15 is 0 Å². The second-order valence-electron chi connectivity index (χ2n) is 4.45. The van der Waals surface area contributed by atoms with Gasteiger partial charge in [-0.05, 0) is 46.1 Å². The van der Waals surface area contributed by atoms with Crippen LogP contribution in [0.4, 0.5) is 4.39 Å². The molecule has 0 aliphatic carbocycles. The fraction of sp³-hybridized carbons (Fsp3) is 0.200. The van der Waals surface area contributed by atoms with Crippen LogP contribution in [-0.2, 0) is 6.42 Å². The summed E-state index contributed by atoms with van der Waals surface area (Å²) in [4.78, 5) is 0. The molecular weight excluding hydrogens is 345 g/mol. The average molecular weight is 359 g/mol. The van der Waals surface area contributed by atoms with Crippen molar-refractivity contribution in [3.8, 4) is 5.75 Å². The molecule has 1 unspecified atom stereocenters. The summed E-state index contributed by atoms with van der Waals surface area (Å²) in [7, 11) is 1.50. The monoisotopic (exact) mass is 357 g/mol. The Hall–Kier alpha value is -1.10. The summed E-state index contributed by atoms with van der Waals surface area (Å²) < 4.78 is 19.1. The third kappa shape index (κ3) is 3.51. The fourth-order valence-electron chi connectivity index (χ4n) is 2.04. The molecule has 0 fully saturated rings. The summed E-state index contributed by atoms with van der Waals surface area (Å²) in [6.07, 6.45) is 0.592. The number of rotatable bonds is 4. The first-order valence-electron chi connectivity index (χ1n) is 6.04. The lowest BCUT2D eigenvalue weighted by Crippen LogP contribution is -2.15. The van der Waals surface area contributed by atoms with Crippen LogP contribution in [0.15, 0.2) is 40.9 Å². The highest BCUT2D eigenvalue weighted by Crippen LogP contribution is 2.31. The molecule has 0 aromatic heterocycles. The second kappa shape index (κ2) is 6.57. The van der Waals surface area contributed by atoms with E-state index in [-0.39, 0.29) is 11.9 Å². The van der Waals surface area contributed by atoms with Gasteiger partial charge in [0.1, 0.15) is 11.6 Å². The molecule has 2 N–H and O–H groups in total. The van der Waals surface area contributed by atoms with Crippen LogP contribution < -0.4 is 10.5 Å². The SMILES string of the molecule is COc1cc(F)c(Br)cc1C(N)Cc1cccc(Cl)c1. The molecule has 2 nitrogen and oxygen atoms in total. The summed E-state index contributed by atoms with van der Waals surface area (Å²) >= 11 is 9.12. The van der Waals surface area contributed by atoms with Gasteiger partial charge in [-0.1, -0.05) is 23.7 Å². The number of ether oxygens (including phenoxy) is 1. The Bertz CT molecular complexity index is 621. The molecule has 2 rings (SSSR count). The quantitative estimate of drug-likeness (QED) is 0.874. The Labute approximate surface area is 130 Å². The number of hydrogen-bond acceptors (Lipinski definition) is 2. The molecule has 20 heavy (non-hydrogen) atoms.